The molecule has 2 fully saturated rings. The molecular formula is C21H29N5O3. The number of carbonyl (C=O) groups is 1. The third-order valence-corrected chi connectivity index (χ3v) is 6.03. The molecule has 0 saturated carbocycles. The van der Waals surface area contributed by atoms with Gasteiger partial charge < -0.3 is 24.6 Å². The molecule has 0 aliphatic carbocycles. The minimum absolute atomic E-state index is 0.0702. The van der Waals surface area contributed by atoms with Crippen molar-refractivity contribution in [3.05, 3.63) is 36.0 Å². The zero-order chi connectivity index (χ0) is 20.2. The number of nitrogens with one attached hydrogen (secondary N) is 1. The zero-order valence-corrected chi connectivity index (χ0v) is 16.9. The predicted molar refractivity (Wildman–Crippen MR) is 110 cm³/mol. The lowest BCUT2D eigenvalue weighted by atomic mass is 10.0. The van der Waals surface area contributed by atoms with E-state index in [-0.39, 0.29) is 24.6 Å². The van der Waals surface area contributed by atoms with Crippen molar-refractivity contribution in [1.29, 1.82) is 0 Å². The lowest BCUT2D eigenvalue weighted by molar-refractivity contribution is 0.0929. The van der Waals surface area contributed by atoms with E-state index in [1.807, 2.05) is 6.07 Å². The molecule has 29 heavy (non-hydrogen) atoms. The molecule has 1 amide bonds. The molecule has 156 valence electrons. The van der Waals surface area contributed by atoms with E-state index in [9.17, 15) is 9.90 Å². The Morgan fingerprint density at radius 3 is 2.72 bits per heavy atom. The average Bonchev–Trinajstić information content (AvgIpc) is 3.20. The number of carbonyl (C=O) groups excluding carboxylic acids is 1. The van der Waals surface area contributed by atoms with Gasteiger partial charge in [-0.1, -0.05) is 0 Å². The summed E-state index contributed by atoms with van der Waals surface area (Å²) >= 11 is 0. The van der Waals surface area contributed by atoms with Gasteiger partial charge in [-0.3, -0.25) is 4.79 Å². The van der Waals surface area contributed by atoms with Crippen LogP contribution in [0.4, 0.5) is 11.6 Å². The van der Waals surface area contributed by atoms with Crippen LogP contribution in [0.5, 0.6) is 0 Å². The number of anilines is 2. The highest BCUT2D eigenvalue weighted by atomic mass is 16.3. The number of aromatic nitrogens is 2. The molecule has 2 aromatic rings. The Morgan fingerprint density at radius 2 is 2.00 bits per heavy atom. The van der Waals surface area contributed by atoms with Gasteiger partial charge in [0.25, 0.3) is 5.91 Å². The van der Waals surface area contributed by atoms with Gasteiger partial charge in [0.2, 0.25) is 0 Å². The molecular weight excluding hydrogens is 370 g/mol. The second-order valence-electron chi connectivity index (χ2n) is 7.89. The van der Waals surface area contributed by atoms with Crippen molar-refractivity contribution in [2.45, 2.75) is 51.1 Å². The van der Waals surface area contributed by atoms with Gasteiger partial charge in [0.05, 0.1) is 24.5 Å². The predicted octanol–water partition coefficient (Wildman–Crippen LogP) is 2.13. The molecule has 2 aliphatic rings. The molecule has 4 heterocycles. The Balaban J connectivity index is 1.36. The number of aryl methyl sites for hydroxylation is 1. The Bertz CT molecular complexity index is 831. The first-order chi connectivity index (χ1) is 14.2. The summed E-state index contributed by atoms with van der Waals surface area (Å²) in [5, 5.41) is 12.8. The Labute approximate surface area is 170 Å². The fraction of sp³-hybridized carbons (Fsp3) is 0.571. The maximum Gasteiger partial charge on any atom is 0.255 e. The first-order valence-corrected chi connectivity index (χ1v) is 10.4. The monoisotopic (exact) mass is 399 g/mol. The summed E-state index contributed by atoms with van der Waals surface area (Å²) in [6.07, 6.45) is 8.16. The number of aliphatic hydroxyl groups is 1. The number of aliphatic hydroxyl groups excluding tert-OH is 1. The van der Waals surface area contributed by atoms with Crippen LogP contribution in [0.25, 0.3) is 0 Å². The number of nitrogens with zero attached hydrogens (tertiary/aromatic N) is 4. The first-order valence-electron chi connectivity index (χ1n) is 10.4. The molecule has 1 unspecified atom stereocenters. The maximum atomic E-state index is 12.4. The quantitative estimate of drug-likeness (QED) is 0.795. The molecule has 0 radical (unpaired) electrons. The molecule has 2 aromatic heterocycles. The van der Waals surface area contributed by atoms with E-state index in [0.717, 1.165) is 63.4 Å². The second kappa shape index (κ2) is 8.82. The van der Waals surface area contributed by atoms with Crippen LogP contribution in [-0.2, 0) is 0 Å². The normalized spacial score (nSPS) is 20.7. The van der Waals surface area contributed by atoms with Crippen LogP contribution in [0.2, 0.25) is 0 Å². The topological polar surface area (TPSA) is 94.7 Å². The van der Waals surface area contributed by atoms with Gasteiger partial charge in [-0.05, 0) is 45.1 Å². The highest BCUT2D eigenvalue weighted by Gasteiger charge is 2.26. The SMILES string of the molecule is Cc1occc1C(=O)NC1CCN(c2cc(N3CCCCC3CO)ncn2)CC1. The smallest absolute Gasteiger partial charge is 0.255 e. The van der Waals surface area contributed by atoms with Crippen LogP contribution in [0.15, 0.2) is 29.1 Å². The Hall–Kier alpha value is -2.61. The van der Waals surface area contributed by atoms with Crippen molar-refractivity contribution in [1.82, 2.24) is 15.3 Å². The van der Waals surface area contributed by atoms with Gasteiger partial charge in [-0.25, -0.2) is 9.97 Å². The van der Waals surface area contributed by atoms with E-state index in [1.54, 1.807) is 25.6 Å². The Morgan fingerprint density at radius 1 is 1.21 bits per heavy atom. The molecule has 2 saturated heterocycles. The summed E-state index contributed by atoms with van der Waals surface area (Å²) in [6.45, 7) is 4.53. The highest BCUT2D eigenvalue weighted by molar-refractivity contribution is 5.95. The van der Waals surface area contributed by atoms with E-state index in [4.69, 9.17) is 4.42 Å². The van der Waals surface area contributed by atoms with Gasteiger partial charge >= 0.3 is 0 Å². The molecule has 8 heteroatoms. The van der Waals surface area contributed by atoms with Gasteiger partial charge in [0.15, 0.2) is 0 Å². The van der Waals surface area contributed by atoms with Crippen LogP contribution in [0, 0.1) is 6.92 Å². The number of hydrogen-bond donors (Lipinski definition) is 2. The molecule has 8 nitrogen and oxygen atoms in total. The van der Waals surface area contributed by atoms with Crippen LogP contribution in [0.1, 0.15) is 48.2 Å². The standard InChI is InChI=1S/C21H29N5O3/c1-15-18(7-11-29-15)21(28)24-16-5-9-25(10-6-16)19-12-20(23-14-22-19)26-8-3-2-4-17(26)13-27/h7,11-12,14,16-17,27H,2-6,8-10,13H2,1H3,(H,24,28). The Kier molecular flexibility index (Phi) is 5.99. The van der Waals surface area contributed by atoms with Crippen LogP contribution in [-0.4, -0.2) is 59.3 Å². The van der Waals surface area contributed by atoms with Crippen molar-refractivity contribution in [2.75, 3.05) is 36.0 Å². The largest absolute Gasteiger partial charge is 0.469 e. The van der Waals surface area contributed by atoms with Crippen molar-refractivity contribution < 1.29 is 14.3 Å². The number of piperidine rings is 2. The molecule has 0 bridgehead atoms. The van der Waals surface area contributed by atoms with E-state index < -0.39 is 0 Å². The summed E-state index contributed by atoms with van der Waals surface area (Å²) in [4.78, 5) is 25.8. The van der Waals surface area contributed by atoms with Crippen molar-refractivity contribution in [3.8, 4) is 0 Å². The maximum absolute atomic E-state index is 12.4. The van der Waals surface area contributed by atoms with Crippen molar-refractivity contribution in [2.24, 2.45) is 0 Å². The summed E-state index contributed by atoms with van der Waals surface area (Å²) in [5.74, 6) is 2.37. The third kappa shape index (κ3) is 4.37. The lowest BCUT2D eigenvalue weighted by Gasteiger charge is -2.37. The van der Waals surface area contributed by atoms with Crippen LogP contribution < -0.4 is 15.1 Å². The average molecular weight is 399 g/mol. The van der Waals surface area contributed by atoms with E-state index in [1.165, 1.54) is 0 Å². The summed E-state index contributed by atoms with van der Waals surface area (Å²) in [5.41, 5.74) is 0.604. The second-order valence-corrected chi connectivity index (χ2v) is 7.89. The van der Waals surface area contributed by atoms with Gasteiger partial charge in [-0.2, -0.15) is 0 Å². The number of rotatable bonds is 5. The lowest BCUT2D eigenvalue weighted by Crippen LogP contribution is -2.45. The molecule has 2 aliphatic heterocycles. The molecule has 4 rings (SSSR count). The number of furan rings is 1. The van der Waals surface area contributed by atoms with Crippen molar-refractivity contribution >= 4 is 17.5 Å². The minimum atomic E-state index is -0.0702. The third-order valence-electron chi connectivity index (χ3n) is 6.03. The van der Waals surface area contributed by atoms with E-state index in [2.05, 4.69) is 25.1 Å². The number of hydrogen-bond acceptors (Lipinski definition) is 7. The van der Waals surface area contributed by atoms with Gasteiger partial charge in [0.1, 0.15) is 23.7 Å². The van der Waals surface area contributed by atoms with Crippen molar-refractivity contribution in [3.63, 3.8) is 0 Å². The summed E-state index contributed by atoms with van der Waals surface area (Å²) < 4.78 is 5.22. The van der Waals surface area contributed by atoms with Gasteiger partial charge in [-0.15, -0.1) is 0 Å². The zero-order valence-electron chi connectivity index (χ0n) is 16.9. The molecule has 2 N–H and O–H groups in total. The van der Waals surface area contributed by atoms with Crippen LogP contribution in [0.3, 0.4) is 0 Å². The molecule has 0 aromatic carbocycles. The fourth-order valence-corrected chi connectivity index (χ4v) is 4.30. The van der Waals surface area contributed by atoms with Crippen LogP contribution >= 0.6 is 0 Å². The van der Waals surface area contributed by atoms with E-state index >= 15 is 0 Å². The summed E-state index contributed by atoms with van der Waals surface area (Å²) in [7, 11) is 0. The minimum Gasteiger partial charge on any atom is -0.469 e. The van der Waals surface area contributed by atoms with Gasteiger partial charge in [0, 0.05) is 31.7 Å². The first kappa shape index (κ1) is 19.7. The highest BCUT2D eigenvalue weighted by Crippen LogP contribution is 2.26. The number of amides is 1. The molecule has 0 spiro atoms. The van der Waals surface area contributed by atoms with E-state index in [0.29, 0.717) is 11.3 Å². The summed E-state index contributed by atoms with van der Waals surface area (Å²) in [6, 6.07) is 4.03. The molecule has 1 atom stereocenters. The fourth-order valence-electron chi connectivity index (χ4n) is 4.30.